The Bertz CT molecular complexity index is 979. The van der Waals surface area contributed by atoms with Crippen molar-refractivity contribution in [2.75, 3.05) is 12.9 Å². The fourth-order valence-corrected chi connectivity index (χ4v) is 4.49. The number of hydrogen-bond donors (Lipinski definition) is 1. The summed E-state index contributed by atoms with van der Waals surface area (Å²) in [7, 11) is 1.63. The molecule has 142 valence electrons. The highest BCUT2D eigenvalue weighted by Crippen LogP contribution is 2.28. The van der Waals surface area contributed by atoms with Crippen LogP contribution >= 0.6 is 11.8 Å². The minimum Gasteiger partial charge on any atom is -0.497 e. The van der Waals surface area contributed by atoms with E-state index in [0.717, 1.165) is 29.5 Å². The lowest BCUT2D eigenvalue weighted by molar-refractivity contribution is -0.134. The second kappa shape index (κ2) is 7.34. The van der Waals surface area contributed by atoms with Gasteiger partial charge in [-0.05, 0) is 51.3 Å². The van der Waals surface area contributed by atoms with Gasteiger partial charge in [0, 0.05) is 23.0 Å². The molecule has 0 spiro atoms. The van der Waals surface area contributed by atoms with Crippen LogP contribution < -0.4 is 4.74 Å². The van der Waals surface area contributed by atoms with Gasteiger partial charge < -0.3 is 14.6 Å². The molecule has 2 unspecified atom stereocenters. The number of carbonyl (C=O) groups is 1. The van der Waals surface area contributed by atoms with E-state index in [1.54, 1.807) is 7.11 Å². The summed E-state index contributed by atoms with van der Waals surface area (Å²) < 4.78 is 5.28. The van der Waals surface area contributed by atoms with Crippen LogP contribution in [0.3, 0.4) is 0 Å². The molecule has 0 aliphatic carbocycles. The molecule has 0 bridgehead atoms. The number of fused-ring (bicyclic) bond motifs is 3. The first-order valence-corrected chi connectivity index (χ1v) is 10.2. The fourth-order valence-electron chi connectivity index (χ4n) is 3.84. The quantitative estimate of drug-likeness (QED) is 0.693. The average Bonchev–Trinajstić information content (AvgIpc) is 3.03. The third-order valence-corrected chi connectivity index (χ3v) is 6.03. The number of benzene rings is 1. The van der Waals surface area contributed by atoms with Crippen molar-refractivity contribution in [1.29, 1.82) is 0 Å². The second-order valence-corrected chi connectivity index (χ2v) is 7.99. The second-order valence-electron chi connectivity index (χ2n) is 7.05. The van der Waals surface area contributed by atoms with Gasteiger partial charge in [-0.25, -0.2) is 4.98 Å². The number of nitrogens with zero attached hydrogens (tertiary/aromatic N) is 4. The summed E-state index contributed by atoms with van der Waals surface area (Å²) in [4.78, 5) is 22.5. The molecule has 2 aromatic heterocycles. The van der Waals surface area contributed by atoms with Gasteiger partial charge in [-0.2, -0.15) is 0 Å². The van der Waals surface area contributed by atoms with Crippen LogP contribution in [0.2, 0.25) is 0 Å². The molecule has 4 rings (SSSR count). The lowest BCUT2D eigenvalue weighted by Gasteiger charge is -2.39. The predicted octanol–water partition coefficient (Wildman–Crippen LogP) is 3.40. The number of rotatable bonds is 4. The number of aromatic nitrogens is 4. The van der Waals surface area contributed by atoms with Crippen LogP contribution in [0.5, 0.6) is 5.75 Å². The molecule has 1 fully saturated rings. The van der Waals surface area contributed by atoms with Gasteiger partial charge >= 0.3 is 0 Å². The molecule has 27 heavy (non-hydrogen) atoms. The zero-order valence-corrected chi connectivity index (χ0v) is 16.5. The summed E-state index contributed by atoms with van der Waals surface area (Å²) in [5, 5.41) is 9.96. The van der Waals surface area contributed by atoms with E-state index in [4.69, 9.17) is 4.74 Å². The molecule has 0 radical (unpaired) electrons. The van der Waals surface area contributed by atoms with E-state index in [1.807, 2.05) is 23.1 Å². The van der Waals surface area contributed by atoms with Gasteiger partial charge in [0.2, 0.25) is 11.1 Å². The third-order valence-electron chi connectivity index (χ3n) is 5.21. The van der Waals surface area contributed by atoms with Gasteiger partial charge in [-0.3, -0.25) is 4.79 Å². The lowest BCUT2D eigenvalue weighted by atomic mass is 9.98. The number of aromatic amines is 1. The van der Waals surface area contributed by atoms with Crippen molar-refractivity contribution in [2.45, 2.75) is 50.4 Å². The summed E-state index contributed by atoms with van der Waals surface area (Å²) in [5.74, 6) is 1.24. The Morgan fingerprint density at radius 2 is 2.07 bits per heavy atom. The zero-order valence-electron chi connectivity index (χ0n) is 15.7. The van der Waals surface area contributed by atoms with Crippen molar-refractivity contribution in [3.63, 3.8) is 0 Å². The van der Waals surface area contributed by atoms with E-state index in [0.29, 0.717) is 34.2 Å². The van der Waals surface area contributed by atoms with Gasteiger partial charge in [-0.15, -0.1) is 10.2 Å². The van der Waals surface area contributed by atoms with Gasteiger partial charge in [0.05, 0.1) is 12.9 Å². The van der Waals surface area contributed by atoms with Gasteiger partial charge in [0.15, 0.2) is 5.65 Å². The fraction of sp³-hybridized carbons (Fsp3) is 0.474. The molecule has 1 aliphatic heterocycles. The predicted molar refractivity (Wildman–Crippen MR) is 106 cm³/mol. The largest absolute Gasteiger partial charge is 0.497 e. The Morgan fingerprint density at radius 1 is 1.30 bits per heavy atom. The molecule has 1 aromatic carbocycles. The zero-order chi connectivity index (χ0) is 19.0. The standard InChI is InChI=1S/C19H23N5O2S/c1-11-5-4-6-12(2)24(11)16(25)10-27-19-21-18-17(22-23-19)14-9-13(26-3)7-8-15(14)20-18/h7-9,11-12H,4-6,10H2,1-3H3,(H,20,21,23). The minimum atomic E-state index is 0.143. The first kappa shape index (κ1) is 18.0. The number of nitrogens with one attached hydrogen (secondary N) is 1. The van der Waals surface area contributed by atoms with Crippen molar-refractivity contribution in [3.05, 3.63) is 18.2 Å². The Hall–Kier alpha value is -2.35. The van der Waals surface area contributed by atoms with E-state index < -0.39 is 0 Å². The Balaban J connectivity index is 1.52. The summed E-state index contributed by atoms with van der Waals surface area (Å²) >= 11 is 1.34. The van der Waals surface area contributed by atoms with Gasteiger partial charge in [0.1, 0.15) is 11.3 Å². The number of methoxy groups -OCH3 is 1. The van der Waals surface area contributed by atoms with Crippen LogP contribution in [0, 0.1) is 0 Å². The molecular formula is C19H23N5O2S. The monoisotopic (exact) mass is 385 g/mol. The number of H-pyrrole nitrogens is 1. The number of carbonyl (C=O) groups excluding carboxylic acids is 1. The number of hydrogen-bond acceptors (Lipinski definition) is 6. The third kappa shape index (κ3) is 3.45. The maximum atomic E-state index is 12.7. The molecule has 1 saturated heterocycles. The van der Waals surface area contributed by atoms with Crippen molar-refractivity contribution in [3.8, 4) is 5.75 Å². The molecule has 1 N–H and O–H groups in total. The summed E-state index contributed by atoms with van der Waals surface area (Å²) in [5.41, 5.74) is 2.31. The number of piperidine rings is 1. The maximum absolute atomic E-state index is 12.7. The van der Waals surface area contributed by atoms with E-state index >= 15 is 0 Å². The van der Waals surface area contributed by atoms with Crippen molar-refractivity contribution in [2.24, 2.45) is 0 Å². The van der Waals surface area contributed by atoms with Crippen LogP contribution in [-0.4, -0.2) is 55.9 Å². The average molecular weight is 385 g/mol. The van der Waals surface area contributed by atoms with Crippen LogP contribution in [0.4, 0.5) is 0 Å². The maximum Gasteiger partial charge on any atom is 0.233 e. The van der Waals surface area contributed by atoms with Gasteiger partial charge in [-0.1, -0.05) is 11.8 Å². The molecule has 1 aliphatic rings. The van der Waals surface area contributed by atoms with Crippen LogP contribution in [0.25, 0.3) is 22.1 Å². The molecule has 8 heteroatoms. The number of ether oxygens (including phenoxy) is 1. The van der Waals surface area contributed by atoms with Gasteiger partial charge in [0.25, 0.3) is 0 Å². The van der Waals surface area contributed by atoms with Crippen molar-refractivity contribution < 1.29 is 9.53 Å². The highest BCUT2D eigenvalue weighted by atomic mass is 32.2. The molecule has 3 heterocycles. The van der Waals surface area contributed by atoms with E-state index in [1.165, 1.54) is 18.2 Å². The number of thioether (sulfide) groups is 1. The highest BCUT2D eigenvalue weighted by Gasteiger charge is 2.28. The normalized spacial score (nSPS) is 20.3. The molecule has 0 saturated carbocycles. The summed E-state index contributed by atoms with van der Waals surface area (Å²) in [6.07, 6.45) is 3.33. The topological polar surface area (TPSA) is 84.0 Å². The number of amides is 1. The Labute approximate surface area is 161 Å². The minimum absolute atomic E-state index is 0.143. The van der Waals surface area contributed by atoms with E-state index in [2.05, 4.69) is 34.0 Å². The van der Waals surface area contributed by atoms with Crippen LogP contribution in [-0.2, 0) is 4.79 Å². The summed E-state index contributed by atoms with van der Waals surface area (Å²) in [6, 6.07) is 6.34. The van der Waals surface area contributed by atoms with Crippen LogP contribution in [0.1, 0.15) is 33.1 Å². The van der Waals surface area contributed by atoms with Crippen molar-refractivity contribution >= 4 is 39.7 Å². The molecule has 2 atom stereocenters. The highest BCUT2D eigenvalue weighted by molar-refractivity contribution is 7.99. The molecular weight excluding hydrogens is 362 g/mol. The first-order chi connectivity index (χ1) is 13.1. The molecule has 7 nitrogen and oxygen atoms in total. The molecule has 3 aromatic rings. The Morgan fingerprint density at radius 3 is 2.81 bits per heavy atom. The SMILES string of the molecule is COc1ccc2[nH]c3nc(SCC(=O)N4C(C)CCCC4C)nnc3c2c1. The smallest absolute Gasteiger partial charge is 0.233 e. The van der Waals surface area contributed by atoms with E-state index in [9.17, 15) is 4.79 Å². The first-order valence-electron chi connectivity index (χ1n) is 9.21. The Kier molecular flexibility index (Phi) is 4.90. The number of likely N-dealkylation sites (tertiary alicyclic amines) is 1. The lowest BCUT2D eigenvalue weighted by Crippen LogP contribution is -2.48. The molecule has 1 amide bonds. The van der Waals surface area contributed by atoms with Crippen molar-refractivity contribution in [1.82, 2.24) is 25.1 Å². The van der Waals surface area contributed by atoms with Crippen LogP contribution in [0.15, 0.2) is 23.4 Å². The summed E-state index contributed by atoms with van der Waals surface area (Å²) in [6.45, 7) is 4.25. The van der Waals surface area contributed by atoms with E-state index in [-0.39, 0.29) is 5.91 Å².